The highest BCUT2D eigenvalue weighted by Crippen LogP contribution is 2.24. The molecule has 134 valence electrons. The minimum atomic E-state index is 0.856. The Bertz CT molecular complexity index is 945. The molecule has 1 heterocycles. The van der Waals surface area contributed by atoms with E-state index in [1.807, 2.05) is 65.8 Å². The molecule has 4 nitrogen and oxygen atoms in total. The fourth-order valence-corrected chi connectivity index (χ4v) is 3.03. The molecular formula is C23H21N3O. The van der Waals surface area contributed by atoms with E-state index in [1.165, 1.54) is 0 Å². The Morgan fingerprint density at radius 2 is 1.67 bits per heavy atom. The summed E-state index contributed by atoms with van der Waals surface area (Å²) in [5.74, 6) is 0.856. The molecule has 0 aromatic heterocycles. The third kappa shape index (κ3) is 4.06. The first-order valence-corrected chi connectivity index (χ1v) is 9.00. The number of rotatable bonds is 5. The second kappa shape index (κ2) is 7.87. The SMILES string of the molecule is COc1ccc(N2CCC(c3ccc(C=Nc4ccccc4)cc3)=N2)cc1. The lowest BCUT2D eigenvalue weighted by Crippen LogP contribution is -2.11. The van der Waals surface area contributed by atoms with Crippen molar-refractivity contribution in [2.75, 3.05) is 18.7 Å². The highest BCUT2D eigenvalue weighted by Gasteiger charge is 2.17. The average molecular weight is 355 g/mol. The van der Waals surface area contributed by atoms with Crippen LogP contribution in [0.1, 0.15) is 17.5 Å². The highest BCUT2D eigenvalue weighted by molar-refractivity contribution is 6.03. The van der Waals surface area contributed by atoms with Crippen LogP contribution >= 0.6 is 0 Å². The summed E-state index contributed by atoms with van der Waals surface area (Å²) in [5, 5.41) is 6.82. The van der Waals surface area contributed by atoms with E-state index in [1.54, 1.807) is 7.11 Å². The Labute approximate surface area is 159 Å². The summed E-state index contributed by atoms with van der Waals surface area (Å²) in [4.78, 5) is 4.50. The molecule has 0 saturated heterocycles. The third-order valence-electron chi connectivity index (χ3n) is 4.54. The van der Waals surface area contributed by atoms with Gasteiger partial charge in [0.1, 0.15) is 5.75 Å². The smallest absolute Gasteiger partial charge is 0.119 e. The van der Waals surface area contributed by atoms with Gasteiger partial charge in [-0.3, -0.25) is 10.0 Å². The van der Waals surface area contributed by atoms with E-state index >= 15 is 0 Å². The summed E-state index contributed by atoms with van der Waals surface area (Å²) in [6.45, 7) is 0.888. The molecule has 0 atom stereocenters. The van der Waals surface area contributed by atoms with Gasteiger partial charge in [-0.1, -0.05) is 42.5 Å². The lowest BCUT2D eigenvalue weighted by molar-refractivity contribution is 0.415. The van der Waals surface area contributed by atoms with Gasteiger partial charge in [0.25, 0.3) is 0 Å². The molecule has 0 fully saturated rings. The van der Waals surface area contributed by atoms with Crippen LogP contribution in [0.2, 0.25) is 0 Å². The molecular weight excluding hydrogens is 334 g/mol. The van der Waals surface area contributed by atoms with Crippen LogP contribution < -0.4 is 9.75 Å². The molecule has 0 unspecified atom stereocenters. The molecule has 0 bridgehead atoms. The van der Waals surface area contributed by atoms with Crippen LogP contribution in [0.25, 0.3) is 0 Å². The van der Waals surface area contributed by atoms with E-state index < -0.39 is 0 Å². The van der Waals surface area contributed by atoms with Crippen molar-refractivity contribution in [2.45, 2.75) is 6.42 Å². The van der Waals surface area contributed by atoms with E-state index in [4.69, 9.17) is 9.84 Å². The van der Waals surface area contributed by atoms with Gasteiger partial charge in [0.2, 0.25) is 0 Å². The summed E-state index contributed by atoms with van der Waals surface area (Å²) in [6.07, 6.45) is 2.82. The van der Waals surface area contributed by atoms with Crippen molar-refractivity contribution >= 4 is 23.3 Å². The fourth-order valence-electron chi connectivity index (χ4n) is 3.03. The number of nitrogens with zero attached hydrogens (tertiary/aromatic N) is 3. The first kappa shape index (κ1) is 17.0. The Balaban J connectivity index is 1.46. The fraction of sp³-hybridized carbons (Fsp3) is 0.130. The number of anilines is 1. The minimum Gasteiger partial charge on any atom is -0.497 e. The van der Waals surface area contributed by atoms with E-state index in [2.05, 4.69) is 29.3 Å². The van der Waals surface area contributed by atoms with Gasteiger partial charge in [-0.25, -0.2) is 0 Å². The second-order valence-electron chi connectivity index (χ2n) is 6.33. The van der Waals surface area contributed by atoms with Gasteiger partial charge in [-0.05, 0) is 47.5 Å². The Hall–Kier alpha value is -3.40. The molecule has 3 aromatic carbocycles. The predicted molar refractivity (Wildman–Crippen MR) is 112 cm³/mol. The average Bonchev–Trinajstić information content (AvgIpc) is 3.24. The summed E-state index contributed by atoms with van der Waals surface area (Å²) < 4.78 is 5.22. The van der Waals surface area contributed by atoms with Crippen LogP contribution in [0.5, 0.6) is 5.75 Å². The quantitative estimate of drug-likeness (QED) is 0.600. The molecule has 0 aliphatic carbocycles. The maximum absolute atomic E-state index is 5.22. The zero-order chi connectivity index (χ0) is 18.5. The van der Waals surface area contributed by atoms with Gasteiger partial charge < -0.3 is 4.74 Å². The van der Waals surface area contributed by atoms with Crippen molar-refractivity contribution in [3.63, 3.8) is 0 Å². The molecule has 1 aliphatic heterocycles. The van der Waals surface area contributed by atoms with Crippen molar-refractivity contribution < 1.29 is 4.74 Å². The number of aliphatic imine (C=N–C) groups is 1. The van der Waals surface area contributed by atoms with Crippen molar-refractivity contribution in [3.8, 4) is 5.75 Å². The maximum Gasteiger partial charge on any atom is 0.119 e. The standard InChI is InChI=1S/C23H21N3O/c1-27-22-13-11-21(12-14-22)26-16-15-23(25-26)19-9-7-18(8-10-19)17-24-20-5-3-2-4-6-20/h2-14,17H,15-16H2,1H3. The molecule has 0 amide bonds. The molecule has 0 radical (unpaired) electrons. The number of ether oxygens (including phenoxy) is 1. The van der Waals surface area contributed by atoms with Gasteiger partial charge >= 0.3 is 0 Å². The van der Waals surface area contributed by atoms with Crippen LogP contribution in [0, 0.1) is 0 Å². The number of benzene rings is 3. The highest BCUT2D eigenvalue weighted by atomic mass is 16.5. The van der Waals surface area contributed by atoms with E-state index in [0.717, 1.165) is 46.9 Å². The molecule has 0 saturated carbocycles. The topological polar surface area (TPSA) is 37.2 Å². The Kier molecular flexibility index (Phi) is 4.97. The first-order chi connectivity index (χ1) is 13.3. The van der Waals surface area contributed by atoms with Crippen molar-refractivity contribution in [1.29, 1.82) is 0 Å². The second-order valence-corrected chi connectivity index (χ2v) is 6.33. The lowest BCUT2D eigenvalue weighted by Gasteiger charge is -2.13. The third-order valence-corrected chi connectivity index (χ3v) is 4.54. The van der Waals surface area contributed by atoms with E-state index in [0.29, 0.717) is 0 Å². The normalized spacial score (nSPS) is 13.8. The van der Waals surface area contributed by atoms with Crippen LogP contribution in [-0.4, -0.2) is 25.6 Å². The summed E-state index contributed by atoms with van der Waals surface area (Å²) in [7, 11) is 1.68. The van der Waals surface area contributed by atoms with Gasteiger partial charge in [0.05, 0.1) is 24.2 Å². The maximum atomic E-state index is 5.22. The Morgan fingerprint density at radius 3 is 2.37 bits per heavy atom. The minimum absolute atomic E-state index is 0.856. The van der Waals surface area contributed by atoms with Gasteiger partial charge in [0, 0.05) is 19.2 Å². The number of hydrogen-bond acceptors (Lipinski definition) is 4. The van der Waals surface area contributed by atoms with Gasteiger partial charge in [-0.15, -0.1) is 0 Å². The number of para-hydroxylation sites is 1. The van der Waals surface area contributed by atoms with Crippen LogP contribution in [-0.2, 0) is 0 Å². The number of hydrogen-bond donors (Lipinski definition) is 0. The summed E-state index contributed by atoms with van der Waals surface area (Å²) in [6, 6.07) is 26.3. The molecule has 4 heteroatoms. The zero-order valence-electron chi connectivity index (χ0n) is 15.2. The number of hydrazone groups is 1. The van der Waals surface area contributed by atoms with E-state index in [-0.39, 0.29) is 0 Å². The van der Waals surface area contributed by atoms with Crippen LogP contribution in [0.3, 0.4) is 0 Å². The summed E-state index contributed by atoms with van der Waals surface area (Å²) >= 11 is 0. The number of methoxy groups -OCH3 is 1. The van der Waals surface area contributed by atoms with Crippen LogP contribution in [0.15, 0.2) is 89.0 Å². The Morgan fingerprint density at radius 1 is 0.926 bits per heavy atom. The molecule has 27 heavy (non-hydrogen) atoms. The van der Waals surface area contributed by atoms with Crippen LogP contribution in [0.4, 0.5) is 11.4 Å². The largest absolute Gasteiger partial charge is 0.497 e. The molecule has 0 N–H and O–H groups in total. The van der Waals surface area contributed by atoms with Gasteiger partial charge in [-0.2, -0.15) is 5.10 Å². The predicted octanol–water partition coefficient (Wildman–Crippen LogP) is 5.06. The summed E-state index contributed by atoms with van der Waals surface area (Å²) in [5.41, 5.74) is 5.38. The molecule has 1 aliphatic rings. The zero-order valence-corrected chi connectivity index (χ0v) is 15.2. The van der Waals surface area contributed by atoms with Crippen molar-refractivity contribution in [1.82, 2.24) is 0 Å². The van der Waals surface area contributed by atoms with Gasteiger partial charge in [0.15, 0.2) is 0 Å². The molecule has 3 aromatic rings. The van der Waals surface area contributed by atoms with Crippen molar-refractivity contribution in [3.05, 3.63) is 90.0 Å². The van der Waals surface area contributed by atoms with E-state index in [9.17, 15) is 0 Å². The lowest BCUT2D eigenvalue weighted by atomic mass is 10.1. The monoisotopic (exact) mass is 355 g/mol. The van der Waals surface area contributed by atoms with Crippen molar-refractivity contribution in [2.24, 2.45) is 10.1 Å². The molecule has 4 rings (SSSR count). The first-order valence-electron chi connectivity index (χ1n) is 9.00. The molecule has 0 spiro atoms.